The second-order valence-corrected chi connectivity index (χ2v) is 5.48. The molecule has 0 aromatic carbocycles. The second kappa shape index (κ2) is 5.07. The van der Waals surface area contributed by atoms with Gasteiger partial charge >= 0.3 is 6.18 Å². The van der Waals surface area contributed by atoms with Crippen molar-refractivity contribution >= 4 is 21.7 Å². The lowest BCUT2D eigenvalue weighted by atomic mass is 9.96. The van der Waals surface area contributed by atoms with E-state index < -0.39 is 12.1 Å². The van der Waals surface area contributed by atoms with E-state index in [-0.39, 0.29) is 12.8 Å². The molecule has 6 heteroatoms. The summed E-state index contributed by atoms with van der Waals surface area (Å²) in [7, 11) is 0. The number of pyridine rings is 1. The van der Waals surface area contributed by atoms with Crippen LogP contribution in [-0.2, 0) is 0 Å². The minimum absolute atomic E-state index is 0.144. The molecule has 1 fully saturated rings. The third-order valence-corrected chi connectivity index (χ3v) is 3.80. The first-order valence-electron chi connectivity index (χ1n) is 5.81. The summed E-state index contributed by atoms with van der Waals surface area (Å²) in [6.07, 6.45) is -2.04. The zero-order chi connectivity index (χ0) is 13.3. The Kier molecular flexibility index (Phi) is 3.84. The SMILES string of the molecule is Cc1cnc(N2CCC(C(F)(F)F)CC2)c(Br)c1. The van der Waals surface area contributed by atoms with Crippen LogP contribution in [0.5, 0.6) is 0 Å². The summed E-state index contributed by atoms with van der Waals surface area (Å²) >= 11 is 3.41. The van der Waals surface area contributed by atoms with Gasteiger partial charge in [-0.15, -0.1) is 0 Å². The molecule has 0 spiro atoms. The standard InChI is InChI=1S/C12H14BrF3N2/c1-8-6-10(13)11(17-7-8)18-4-2-9(3-5-18)12(14,15)16/h6-7,9H,2-5H2,1H3. The van der Waals surface area contributed by atoms with E-state index in [1.54, 1.807) is 6.20 Å². The topological polar surface area (TPSA) is 16.1 Å². The molecule has 0 amide bonds. The molecule has 1 saturated heterocycles. The highest BCUT2D eigenvalue weighted by Gasteiger charge is 2.41. The zero-order valence-electron chi connectivity index (χ0n) is 9.97. The van der Waals surface area contributed by atoms with Gasteiger partial charge in [0.05, 0.1) is 10.4 Å². The lowest BCUT2D eigenvalue weighted by Gasteiger charge is -2.34. The minimum Gasteiger partial charge on any atom is -0.356 e. The van der Waals surface area contributed by atoms with Crippen LogP contribution < -0.4 is 4.90 Å². The molecule has 0 unspecified atom stereocenters. The van der Waals surface area contributed by atoms with Crippen molar-refractivity contribution in [2.24, 2.45) is 5.92 Å². The van der Waals surface area contributed by atoms with Gasteiger partial charge in [-0.05, 0) is 47.3 Å². The van der Waals surface area contributed by atoms with Gasteiger partial charge in [0.2, 0.25) is 0 Å². The molecular formula is C12H14BrF3N2. The van der Waals surface area contributed by atoms with Crippen molar-refractivity contribution in [1.29, 1.82) is 0 Å². The predicted molar refractivity (Wildman–Crippen MR) is 67.7 cm³/mol. The van der Waals surface area contributed by atoms with Crippen LogP contribution in [0.3, 0.4) is 0 Å². The summed E-state index contributed by atoms with van der Waals surface area (Å²) in [6, 6.07) is 1.93. The Bertz CT molecular complexity index is 426. The number of hydrogen-bond acceptors (Lipinski definition) is 2. The molecule has 0 aliphatic carbocycles. The molecule has 0 saturated carbocycles. The number of rotatable bonds is 1. The maximum Gasteiger partial charge on any atom is 0.391 e. The Labute approximate surface area is 112 Å². The van der Waals surface area contributed by atoms with Crippen LogP contribution in [0, 0.1) is 12.8 Å². The summed E-state index contributed by atoms with van der Waals surface area (Å²) in [6.45, 7) is 2.73. The predicted octanol–water partition coefficient (Wildman–Crippen LogP) is 3.93. The summed E-state index contributed by atoms with van der Waals surface area (Å²) in [5.41, 5.74) is 1.02. The maximum absolute atomic E-state index is 12.6. The largest absolute Gasteiger partial charge is 0.391 e. The average molecular weight is 323 g/mol. The highest BCUT2D eigenvalue weighted by molar-refractivity contribution is 9.10. The summed E-state index contributed by atoms with van der Waals surface area (Å²) in [4.78, 5) is 6.19. The average Bonchev–Trinajstić information content (AvgIpc) is 2.28. The molecule has 2 heterocycles. The van der Waals surface area contributed by atoms with E-state index in [2.05, 4.69) is 20.9 Å². The number of halogens is 4. The van der Waals surface area contributed by atoms with Crippen LogP contribution in [0.25, 0.3) is 0 Å². The summed E-state index contributed by atoms with van der Waals surface area (Å²) in [5, 5.41) is 0. The number of aromatic nitrogens is 1. The fourth-order valence-corrected chi connectivity index (χ4v) is 2.89. The maximum atomic E-state index is 12.6. The van der Waals surface area contributed by atoms with Crippen molar-refractivity contribution in [3.8, 4) is 0 Å². The third kappa shape index (κ3) is 2.96. The minimum atomic E-state index is -4.07. The number of piperidine rings is 1. The lowest BCUT2D eigenvalue weighted by Crippen LogP contribution is -2.39. The van der Waals surface area contributed by atoms with Crippen LogP contribution >= 0.6 is 15.9 Å². The number of hydrogen-bond donors (Lipinski definition) is 0. The quantitative estimate of drug-likeness (QED) is 0.778. The smallest absolute Gasteiger partial charge is 0.356 e. The summed E-state index contributed by atoms with van der Waals surface area (Å²) < 4.78 is 38.5. The first kappa shape index (κ1) is 13.6. The molecule has 1 aliphatic rings. The molecule has 2 rings (SSSR count). The first-order chi connectivity index (χ1) is 8.38. The monoisotopic (exact) mass is 322 g/mol. The van der Waals surface area contributed by atoms with Crippen molar-refractivity contribution in [2.45, 2.75) is 25.9 Å². The van der Waals surface area contributed by atoms with Gasteiger partial charge in [-0.25, -0.2) is 4.98 Å². The Morgan fingerprint density at radius 1 is 1.33 bits per heavy atom. The molecule has 0 radical (unpaired) electrons. The van der Waals surface area contributed by atoms with E-state index in [4.69, 9.17) is 0 Å². The molecule has 2 nitrogen and oxygen atoms in total. The molecule has 1 aromatic heterocycles. The van der Waals surface area contributed by atoms with Gasteiger partial charge in [-0.1, -0.05) is 0 Å². The van der Waals surface area contributed by atoms with E-state index in [0.29, 0.717) is 13.1 Å². The Balaban J connectivity index is 2.06. The highest BCUT2D eigenvalue weighted by atomic mass is 79.9. The Hall–Kier alpha value is -0.780. The van der Waals surface area contributed by atoms with Crippen molar-refractivity contribution in [3.63, 3.8) is 0 Å². The van der Waals surface area contributed by atoms with Crippen LogP contribution in [-0.4, -0.2) is 24.2 Å². The van der Waals surface area contributed by atoms with E-state index in [1.807, 2.05) is 17.9 Å². The van der Waals surface area contributed by atoms with Gasteiger partial charge in [0.1, 0.15) is 5.82 Å². The molecular weight excluding hydrogens is 309 g/mol. The van der Waals surface area contributed by atoms with E-state index in [1.165, 1.54) is 0 Å². The molecule has 0 N–H and O–H groups in total. The number of aryl methyl sites for hydroxylation is 1. The summed E-state index contributed by atoms with van der Waals surface area (Å²) in [5.74, 6) is -0.431. The Morgan fingerprint density at radius 3 is 2.44 bits per heavy atom. The second-order valence-electron chi connectivity index (χ2n) is 4.62. The van der Waals surface area contributed by atoms with Gasteiger partial charge in [-0.2, -0.15) is 13.2 Å². The van der Waals surface area contributed by atoms with Crippen LogP contribution in [0.15, 0.2) is 16.7 Å². The third-order valence-electron chi connectivity index (χ3n) is 3.22. The fraction of sp³-hybridized carbons (Fsp3) is 0.583. The molecule has 18 heavy (non-hydrogen) atoms. The molecule has 1 aliphatic heterocycles. The lowest BCUT2D eigenvalue weighted by molar-refractivity contribution is -0.179. The number of nitrogens with zero attached hydrogens (tertiary/aromatic N) is 2. The molecule has 0 bridgehead atoms. The normalized spacial score (nSPS) is 18.2. The van der Waals surface area contributed by atoms with Crippen molar-refractivity contribution in [2.75, 3.05) is 18.0 Å². The van der Waals surface area contributed by atoms with Gasteiger partial charge in [-0.3, -0.25) is 0 Å². The van der Waals surface area contributed by atoms with Gasteiger partial charge in [0, 0.05) is 19.3 Å². The molecule has 0 atom stereocenters. The molecule has 1 aromatic rings. The zero-order valence-corrected chi connectivity index (χ0v) is 11.6. The fourth-order valence-electron chi connectivity index (χ4n) is 2.18. The number of alkyl halides is 3. The van der Waals surface area contributed by atoms with Crippen molar-refractivity contribution in [1.82, 2.24) is 4.98 Å². The highest BCUT2D eigenvalue weighted by Crippen LogP contribution is 2.36. The first-order valence-corrected chi connectivity index (χ1v) is 6.61. The van der Waals surface area contributed by atoms with Crippen LogP contribution in [0.1, 0.15) is 18.4 Å². The van der Waals surface area contributed by atoms with Gasteiger partial charge in [0.25, 0.3) is 0 Å². The van der Waals surface area contributed by atoms with E-state index >= 15 is 0 Å². The van der Waals surface area contributed by atoms with E-state index in [9.17, 15) is 13.2 Å². The van der Waals surface area contributed by atoms with Crippen LogP contribution in [0.2, 0.25) is 0 Å². The van der Waals surface area contributed by atoms with E-state index in [0.717, 1.165) is 15.9 Å². The van der Waals surface area contributed by atoms with Crippen molar-refractivity contribution in [3.05, 3.63) is 22.3 Å². The van der Waals surface area contributed by atoms with Crippen molar-refractivity contribution < 1.29 is 13.2 Å². The van der Waals surface area contributed by atoms with Crippen LogP contribution in [0.4, 0.5) is 19.0 Å². The van der Waals surface area contributed by atoms with Gasteiger partial charge in [0.15, 0.2) is 0 Å². The molecule has 100 valence electrons. The number of anilines is 1. The Morgan fingerprint density at radius 2 is 1.94 bits per heavy atom. The van der Waals surface area contributed by atoms with Gasteiger partial charge < -0.3 is 4.90 Å².